The maximum atomic E-state index is 12.8. The Bertz CT molecular complexity index is 630. The van der Waals surface area contributed by atoms with Gasteiger partial charge in [-0.2, -0.15) is 13.2 Å². The molecule has 7 nitrogen and oxygen atoms in total. The smallest absolute Gasteiger partial charge is 0.433 e. The van der Waals surface area contributed by atoms with Gasteiger partial charge in [0.25, 0.3) is 0 Å². The molecule has 1 atom stereocenters. The van der Waals surface area contributed by atoms with E-state index in [4.69, 9.17) is 4.74 Å². The molecule has 0 bridgehead atoms. The van der Waals surface area contributed by atoms with Gasteiger partial charge < -0.3 is 25.5 Å². The number of ether oxygens (including phenoxy) is 1. The molecule has 1 aromatic heterocycles. The molecule has 0 saturated heterocycles. The number of hydrogen-bond acceptors (Lipinski definition) is 6. The molecule has 0 aliphatic carbocycles. The van der Waals surface area contributed by atoms with Crippen molar-refractivity contribution in [2.75, 3.05) is 23.7 Å². The summed E-state index contributed by atoms with van der Waals surface area (Å²) in [6, 6.07) is -0.0510. The molecule has 0 spiro atoms. The fourth-order valence-electron chi connectivity index (χ4n) is 1.90. The van der Waals surface area contributed by atoms with Gasteiger partial charge in [-0.05, 0) is 33.8 Å². The van der Waals surface area contributed by atoms with Crippen molar-refractivity contribution in [3.63, 3.8) is 0 Å². The molecular formula is C16H23F3N4O3. The highest BCUT2D eigenvalue weighted by Gasteiger charge is 2.33. The minimum atomic E-state index is -4.56. The number of rotatable bonds is 7. The maximum absolute atomic E-state index is 12.8. The van der Waals surface area contributed by atoms with Crippen LogP contribution in [0.2, 0.25) is 0 Å². The van der Waals surface area contributed by atoms with Crippen LogP contribution in [0.15, 0.2) is 12.3 Å². The lowest BCUT2D eigenvalue weighted by Crippen LogP contribution is -2.43. The Morgan fingerprint density at radius 2 is 1.92 bits per heavy atom. The van der Waals surface area contributed by atoms with Gasteiger partial charge in [0.15, 0.2) is 0 Å². The van der Waals surface area contributed by atoms with Gasteiger partial charge in [-0.1, -0.05) is 0 Å². The Balaban J connectivity index is 2.80. The molecule has 0 fully saturated rings. The molecule has 0 aromatic carbocycles. The summed E-state index contributed by atoms with van der Waals surface area (Å²) >= 11 is 0. The molecule has 146 valence electrons. The minimum Gasteiger partial charge on any atom is -0.444 e. The summed E-state index contributed by atoms with van der Waals surface area (Å²) in [6.45, 7) is 7.11. The third-order valence-electron chi connectivity index (χ3n) is 2.94. The quantitative estimate of drug-likeness (QED) is 0.634. The molecule has 10 heteroatoms. The van der Waals surface area contributed by atoms with Crippen LogP contribution in [0.3, 0.4) is 0 Å². The van der Waals surface area contributed by atoms with Crippen molar-refractivity contribution >= 4 is 23.8 Å². The number of nitrogens with zero attached hydrogens (tertiary/aromatic N) is 1. The second kappa shape index (κ2) is 8.72. The van der Waals surface area contributed by atoms with Crippen molar-refractivity contribution in [3.8, 4) is 0 Å². The topological polar surface area (TPSA) is 92.4 Å². The third-order valence-corrected chi connectivity index (χ3v) is 2.94. The Labute approximate surface area is 149 Å². The zero-order valence-corrected chi connectivity index (χ0v) is 15.0. The van der Waals surface area contributed by atoms with Gasteiger partial charge in [-0.3, -0.25) is 0 Å². The van der Waals surface area contributed by atoms with Gasteiger partial charge in [-0.15, -0.1) is 0 Å². The number of hydrogen-bond donors (Lipinski definition) is 3. The first-order valence-corrected chi connectivity index (χ1v) is 7.96. The number of carbonyl (C=O) groups excluding carboxylic acids is 2. The van der Waals surface area contributed by atoms with E-state index in [-0.39, 0.29) is 17.9 Å². The van der Waals surface area contributed by atoms with Crippen LogP contribution in [-0.2, 0) is 15.7 Å². The standard InChI is InChI=1S/C16H23F3N4O3/c1-5-20-11-6-13(16(17,18)19)22-8-12(11)21-7-10(9-24)23-14(25)26-15(2,3)4/h6,8-10,21H,5,7H2,1-4H3,(H,20,22)(H,23,25). The average Bonchev–Trinajstić information content (AvgIpc) is 2.49. The largest absolute Gasteiger partial charge is 0.444 e. The zero-order valence-electron chi connectivity index (χ0n) is 15.0. The summed E-state index contributed by atoms with van der Waals surface area (Å²) in [5, 5.41) is 7.97. The summed E-state index contributed by atoms with van der Waals surface area (Å²) in [5.74, 6) is 0. The van der Waals surface area contributed by atoms with Crippen LogP contribution < -0.4 is 16.0 Å². The van der Waals surface area contributed by atoms with Crippen LogP contribution in [0.1, 0.15) is 33.4 Å². The number of amides is 1. The van der Waals surface area contributed by atoms with Crippen molar-refractivity contribution in [1.82, 2.24) is 10.3 Å². The van der Waals surface area contributed by atoms with E-state index in [0.29, 0.717) is 12.8 Å². The van der Waals surface area contributed by atoms with Crippen molar-refractivity contribution < 1.29 is 27.5 Å². The molecule has 1 unspecified atom stereocenters. The van der Waals surface area contributed by atoms with Crippen molar-refractivity contribution in [2.24, 2.45) is 0 Å². The van der Waals surface area contributed by atoms with Gasteiger partial charge in [0, 0.05) is 13.1 Å². The van der Waals surface area contributed by atoms with Gasteiger partial charge in [0.1, 0.15) is 23.6 Å². The second-order valence-corrected chi connectivity index (χ2v) is 6.41. The summed E-state index contributed by atoms with van der Waals surface area (Å²) < 4.78 is 43.4. The number of anilines is 2. The van der Waals surface area contributed by atoms with E-state index in [1.807, 2.05) is 0 Å². The zero-order chi connectivity index (χ0) is 20.0. The third kappa shape index (κ3) is 7.16. The molecule has 26 heavy (non-hydrogen) atoms. The molecule has 3 N–H and O–H groups in total. The highest BCUT2D eigenvalue weighted by Crippen LogP contribution is 2.32. The molecular weight excluding hydrogens is 353 g/mol. The molecule has 1 heterocycles. The Morgan fingerprint density at radius 3 is 2.42 bits per heavy atom. The van der Waals surface area contributed by atoms with Gasteiger partial charge in [-0.25, -0.2) is 9.78 Å². The highest BCUT2D eigenvalue weighted by molar-refractivity contribution is 5.74. The van der Waals surface area contributed by atoms with Gasteiger partial charge in [0.2, 0.25) is 0 Å². The van der Waals surface area contributed by atoms with E-state index in [9.17, 15) is 22.8 Å². The Hall–Kier alpha value is -2.52. The Kier molecular flexibility index (Phi) is 7.22. The molecule has 1 rings (SSSR count). The van der Waals surface area contributed by atoms with Crippen LogP contribution >= 0.6 is 0 Å². The molecule has 0 aliphatic rings. The number of nitrogens with one attached hydrogen (secondary N) is 3. The summed E-state index contributed by atoms with van der Waals surface area (Å²) in [5.41, 5.74) is -1.28. The highest BCUT2D eigenvalue weighted by atomic mass is 19.4. The first kappa shape index (κ1) is 21.5. The number of carbonyl (C=O) groups is 2. The van der Waals surface area contributed by atoms with Crippen LogP contribution in [0.5, 0.6) is 0 Å². The molecule has 0 aliphatic heterocycles. The molecule has 1 aromatic rings. The fraction of sp³-hybridized carbons (Fsp3) is 0.562. The SMILES string of the molecule is CCNc1cc(C(F)(F)F)ncc1NCC(C=O)NC(=O)OC(C)(C)C. The van der Waals surface area contributed by atoms with E-state index in [2.05, 4.69) is 20.9 Å². The lowest BCUT2D eigenvalue weighted by atomic mass is 10.2. The summed E-state index contributed by atoms with van der Waals surface area (Å²) in [6.07, 6.45) is -3.81. The first-order chi connectivity index (χ1) is 12.0. The van der Waals surface area contributed by atoms with E-state index in [0.717, 1.165) is 12.3 Å². The maximum Gasteiger partial charge on any atom is 0.433 e. The molecule has 0 saturated carbocycles. The van der Waals surface area contributed by atoms with E-state index < -0.39 is 29.6 Å². The number of alkyl carbamates (subject to hydrolysis) is 1. The number of aromatic nitrogens is 1. The number of alkyl halides is 3. The summed E-state index contributed by atoms with van der Waals surface area (Å²) in [4.78, 5) is 26.2. The van der Waals surface area contributed by atoms with Crippen LogP contribution in [-0.4, -0.2) is 42.1 Å². The van der Waals surface area contributed by atoms with E-state index >= 15 is 0 Å². The predicted molar refractivity (Wildman–Crippen MR) is 91.1 cm³/mol. The van der Waals surface area contributed by atoms with E-state index in [1.165, 1.54) is 0 Å². The van der Waals surface area contributed by atoms with E-state index in [1.54, 1.807) is 27.7 Å². The number of pyridine rings is 1. The normalized spacial score (nSPS) is 12.9. The lowest BCUT2D eigenvalue weighted by Gasteiger charge is -2.22. The van der Waals surface area contributed by atoms with Crippen molar-refractivity contribution in [1.29, 1.82) is 0 Å². The van der Waals surface area contributed by atoms with Crippen LogP contribution in [0.4, 0.5) is 29.3 Å². The number of halogens is 3. The summed E-state index contributed by atoms with van der Waals surface area (Å²) in [7, 11) is 0. The second-order valence-electron chi connectivity index (χ2n) is 6.41. The fourth-order valence-corrected chi connectivity index (χ4v) is 1.90. The molecule has 0 radical (unpaired) electrons. The predicted octanol–water partition coefficient (Wildman–Crippen LogP) is 3.04. The average molecular weight is 376 g/mol. The minimum absolute atomic E-state index is 0.0474. The van der Waals surface area contributed by atoms with Crippen molar-refractivity contribution in [2.45, 2.75) is 45.5 Å². The number of aldehydes is 1. The van der Waals surface area contributed by atoms with Crippen LogP contribution in [0.25, 0.3) is 0 Å². The first-order valence-electron chi connectivity index (χ1n) is 7.96. The van der Waals surface area contributed by atoms with Crippen molar-refractivity contribution in [3.05, 3.63) is 18.0 Å². The van der Waals surface area contributed by atoms with Gasteiger partial charge >= 0.3 is 12.3 Å². The van der Waals surface area contributed by atoms with Crippen LogP contribution in [0, 0.1) is 0 Å². The lowest BCUT2D eigenvalue weighted by molar-refractivity contribution is -0.141. The monoisotopic (exact) mass is 376 g/mol. The molecule has 1 amide bonds. The van der Waals surface area contributed by atoms with Gasteiger partial charge in [0.05, 0.1) is 17.6 Å². The Morgan fingerprint density at radius 1 is 1.27 bits per heavy atom.